The van der Waals surface area contributed by atoms with Gasteiger partial charge in [0.1, 0.15) is 5.75 Å². The summed E-state index contributed by atoms with van der Waals surface area (Å²) < 4.78 is 5.18. The van der Waals surface area contributed by atoms with Crippen molar-refractivity contribution in [2.24, 2.45) is 4.99 Å². The van der Waals surface area contributed by atoms with Gasteiger partial charge in [-0.25, -0.2) is 0 Å². The Morgan fingerprint density at radius 2 is 1.93 bits per heavy atom. The van der Waals surface area contributed by atoms with Crippen molar-refractivity contribution < 1.29 is 9.53 Å². The van der Waals surface area contributed by atoms with Crippen molar-refractivity contribution in [3.8, 4) is 5.75 Å². The van der Waals surface area contributed by atoms with E-state index in [1.807, 2.05) is 49.4 Å². The minimum absolute atomic E-state index is 0.0110. The molecule has 0 fully saturated rings. The molecule has 2 N–H and O–H groups in total. The fourth-order valence-corrected chi connectivity index (χ4v) is 3.20. The van der Waals surface area contributed by atoms with Gasteiger partial charge >= 0.3 is 0 Å². The van der Waals surface area contributed by atoms with Crippen molar-refractivity contribution in [2.75, 3.05) is 40.8 Å². The first kappa shape index (κ1) is 23.5. The Morgan fingerprint density at radius 1 is 1.13 bits per heavy atom. The van der Waals surface area contributed by atoms with Crippen LogP contribution in [0.2, 0.25) is 5.02 Å². The third kappa shape index (κ3) is 7.26. The predicted octanol–water partition coefficient (Wildman–Crippen LogP) is 3.39. The van der Waals surface area contributed by atoms with Crippen LogP contribution in [0.25, 0.3) is 0 Å². The van der Waals surface area contributed by atoms with Gasteiger partial charge in [0, 0.05) is 44.3 Å². The smallest absolute Gasteiger partial charge is 0.253 e. The van der Waals surface area contributed by atoms with E-state index in [1.54, 1.807) is 26.1 Å². The fraction of sp³-hybridized carbons (Fsp3) is 0.391. The van der Waals surface area contributed by atoms with Gasteiger partial charge in [0.15, 0.2) is 5.96 Å². The molecule has 0 heterocycles. The van der Waals surface area contributed by atoms with Gasteiger partial charge < -0.3 is 20.3 Å². The molecule has 162 valence electrons. The van der Waals surface area contributed by atoms with Crippen molar-refractivity contribution in [2.45, 2.75) is 19.8 Å². The maximum Gasteiger partial charge on any atom is 0.253 e. The van der Waals surface area contributed by atoms with E-state index in [0.717, 1.165) is 42.2 Å². The molecule has 6 nitrogen and oxygen atoms in total. The number of rotatable bonds is 9. The first-order chi connectivity index (χ1) is 14.4. The summed E-state index contributed by atoms with van der Waals surface area (Å²) in [6.07, 6.45) is 1.54. The summed E-state index contributed by atoms with van der Waals surface area (Å²) in [6, 6.07) is 13.4. The lowest BCUT2D eigenvalue weighted by atomic mass is 10.1. The van der Waals surface area contributed by atoms with E-state index < -0.39 is 0 Å². The maximum atomic E-state index is 12.1. The van der Waals surface area contributed by atoms with Gasteiger partial charge in [-0.3, -0.25) is 9.79 Å². The fourth-order valence-electron chi connectivity index (χ4n) is 2.93. The molecule has 0 aliphatic heterocycles. The van der Waals surface area contributed by atoms with Gasteiger partial charge in [0.05, 0.1) is 7.11 Å². The Kier molecular flexibility index (Phi) is 9.48. The second-order valence-corrected chi connectivity index (χ2v) is 7.45. The molecule has 2 rings (SSSR count). The van der Waals surface area contributed by atoms with Crippen LogP contribution in [0, 0.1) is 0 Å². The van der Waals surface area contributed by atoms with Gasteiger partial charge in [-0.1, -0.05) is 29.8 Å². The highest BCUT2D eigenvalue weighted by atomic mass is 35.5. The summed E-state index contributed by atoms with van der Waals surface area (Å²) in [7, 11) is 5.14. The van der Waals surface area contributed by atoms with E-state index in [2.05, 4.69) is 15.6 Å². The average Bonchev–Trinajstić information content (AvgIpc) is 2.74. The Bertz CT molecular complexity index is 868. The molecule has 0 atom stereocenters. The molecule has 0 radical (unpaired) electrons. The molecule has 0 unspecified atom stereocenters. The summed E-state index contributed by atoms with van der Waals surface area (Å²) in [4.78, 5) is 18.3. The number of amides is 1. The SMILES string of the molecule is CCNC(=NCCc1ccc(OC)cc1Cl)NCCc1cccc(C(=O)N(C)C)c1. The number of nitrogens with one attached hydrogen (secondary N) is 2. The third-order valence-electron chi connectivity index (χ3n) is 4.54. The molecule has 0 saturated carbocycles. The van der Waals surface area contributed by atoms with Gasteiger partial charge in [0.25, 0.3) is 5.91 Å². The zero-order valence-electron chi connectivity index (χ0n) is 18.2. The average molecular weight is 431 g/mol. The zero-order valence-corrected chi connectivity index (χ0v) is 18.9. The molecule has 2 aromatic rings. The number of aliphatic imine (C=N–C) groups is 1. The summed E-state index contributed by atoms with van der Waals surface area (Å²) in [6.45, 7) is 4.15. The highest BCUT2D eigenvalue weighted by molar-refractivity contribution is 6.31. The molecule has 0 aliphatic carbocycles. The summed E-state index contributed by atoms with van der Waals surface area (Å²) >= 11 is 6.30. The Hall–Kier alpha value is -2.73. The summed E-state index contributed by atoms with van der Waals surface area (Å²) in [5, 5.41) is 7.30. The number of hydrogen-bond acceptors (Lipinski definition) is 3. The zero-order chi connectivity index (χ0) is 21.9. The van der Waals surface area contributed by atoms with Crippen LogP contribution in [-0.2, 0) is 12.8 Å². The van der Waals surface area contributed by atoms with E-state index >= 15 is 0 Å². The number of nitrogens with zero attached hydrogens (tertiary/aromatic N) is 2. The van der Waals surface area contributed by atoms with Crippen molar-refractivity contribution in [3.05, 3.63) is 64.2 Å². The summed E-state index contributed by atoms with van der Waals surface area (Å²) in [5.41, 5.74) is 2.85. The number of halogens is 1. The van der Waals surface area contributed by atoms with Crippen molar-refractivity contribution in [1.29, 1.82) is 0 Å². The van der Waals surface area contributed by atoms with Crippen LogP contribution < -0.4 is 15.4 Å². The number of benzene rings is 2. The molecule has 0 aliphatic rings. The van der Waals surface area contributed by atoms with Crippen LogP contribution in [0.4, 0.5) is 0 Å². The minimum atomic E-state index is 0.0110. The number of guanidine groups is 1. The predicted molar refractivity (Wildman–Crippen MR) is 124 cm³/mol. The number of methoxy groups -OCH3 is 1. The third-order valence-corrected chi connectivity index (χ3v) is 4.89. The Labute approximate surface area is 184 Å². The van der Waals surface area contributed by atoms with Crippen LogP contribution >= 0.6 is 11.6 Å². The minimum Gasteiger partial charge on any atom is -0.497 e. The number of carbonyl (C=O) groups excluding carboxylic acids is 1. The molecular formula is C23H31ClN4O2. The summed E-state index contributed by atoms with van der Waals surface area (Å²) in [5.74, 6) is 1.53. The molecule has 1 amide bonds. The lowest BCUT2D eigenvalue weighted by Gasteiger charge is -2.13. The first-order valence-corrected chi connectivity index (χ1v) is 10.5. The standard InChI is InChI=1S/C23H31ClN4O2/c1-5-25-23(27-14-12-18-9-10-20(30-4)16-21(18)24)26-13-11-17-7-6-8-19(15-17)22(29)28(2)3/h6-10,15-16H,5,11-14H2,1-4H3,(H2,25,26,27). The monoisotopic (exact) mass is 430 g/mol. The van der Waals surface area contributed by atoms with E-state index in [0.29, 0.717) is 23.7 Å². The molecule has 7 heteroatoms. The van der Waals surface area contributed by atoms with Crippen molar-refractivity contribution in [3.63, 3.8) is 0 Å². The number of carbonyl (C=O) groups is 1. The highest BCUT2D eigenvalue weighted by Gasteiger charge is 2.08. The van der Waals surface area contributed by atoms with Crippen LogP contribution in [0.5, 0.6) is 5.75 Å². The lowest BCUT2D eigenvalue weighted by Crippen LogP contribution is -2.38. The normalized spacial score (nSPS) is 11.2. The van der Waals surface area contributed by atoms with E-state index in [-0.39, 0.29) is 5.91 Å². The number of ether oxygens (including phenoxy) is 1. The van der Waals surface area contributed by atoms with Crippen molar-refractivity contribution >= 4 is 23.5 Å². The van der Waals surface area contributed by atoms with Crippen LogP contribution in [0.15, 0.2) is 47.5 Å². The molecule has 30 heavy (non-hydrogen) atoms. The van der Waals surface area contributed by atoms with E-state index in [1.165, 1.54) is 0 Å². The second-order valence-electron chi connectivity index (χ2n) is 7.04. The van der Waals surface area contributed by atoms with Gasteiger partial charge in [-0.2, -0.15) is 0 Å². The van der Waals surface area contributed by atoms with Crippen LogP contribution in [0.1, 0.15) is 28.4 Å². The highest BCUT2D eigenvalue weighted by Crippen LogP contribution is 2.22. The van der Waals surface area contributed by atoms with Gasteiger partial charge in [-0.05, 0) is 55.2 Å². The Morgan fingerprint density at radius 3 is 2.60 bits per heavy atom. The largest absolute Gasteiger partial charge is 0.497 e. The molecule has 2 aromatic carbocycles. The quantitative estimate of drug-likeness (QED) is 0.472. The molecule has 0 aromatic heterocycles. The number of hydrogen-bond donors (Lipinski definition) is 2. The lowest BCUT2D eigenvalue weighted by molar-refractivity contribution is 0.0827. The topological polar surface area (TPSA) is 66.0 Å². The maximum absolute atomic E-state index is 12.1. The van der Waals surface area contributed by atoms with E-state index in [9.17, 15) is 4.79 Å². The second kappa shape index (κ2) is 12.1. The van der Waals surface area contributed by atoms with Crippen LogP contribution in [0.3, 0.4) is 0 Å². The van der Waals surface area contributed by atoms with Gasteiger partial charge in [-0.15, -0.1) is 0 Å². The molecule has 0 bridgehead atoms. The van der Waals surface area contributed by atoms with Crippen LogP contribution in [-0.4, -0.2) is 57.6 Å². The Balaban J connectivity index is 1.90. The first-order valence-electron chi connectivity index (χ1n) is 10.1. The molecular weight excluding hydrogens is 400 g/mol. The molecule has 0 saturated heterocycles. The van der Waals surface area contributed by atoms with Crippen molar-refractivity contribution in [1.82, 2.24) is 15.5 Å². The molecule has 0 spiro atoms. The van der Waals surface area contributed by atoms with Gasteiger partial charge in [0.2, 0.25) is 0 Å². The van der Waals surface area contributed by atoms with E-state index in [4.69, 9.17) is 16.3 Å².